The van der Waals surface area contributed by atoms with Crippen LogP contribution in [0.1, 0.15) is 50.8 Å². The van der Waals surface area contributed by atoms with Gasteiger partial charge in [-0.2, -0.15) is 0 Å². The Labute approximate surface area is 211 Å². The van der Waals surface area contributed by atoms with Crippen LogP contribution in [0, 0.1) is 0 Å². The Hall–Kier alpha value is -3.23. The lowest BCUT2D eigenvalue weighted by Gasteiger charge is -2.09. The number of hydrogen-bond donors (Lipinski definition) is 0. The first-order chi connectivity index (χ1) is 17.2. The molecule has 0 radical (unpaired) electrons. The fourth-order valence-electron chi connectivity index (χ4n) is 4.12. The summed E-state index contributed by atoms with van der Waals surface area (Å²) in [5, 5.41) is 9.32. The molecule has 3 aliphatic rings. The molecule has 35 heavy (non-hydrogen) atoms. The summed E-state index contributed by atoms with van der Waals surface area (Å²) >= 11 is 6.25. The molecule has 0 spiro atoms. The van der Waals surface area contributed by atoms with Gasteiger partial charge in [-0.15, -0.1) is 10.2 Å². The first-order valence-electron chi connectivity index (χ1n) is 11.9. The van der Waals surface area contributed by atoms with Gasteiger partial charge in [0.15, 0.2) is 11.6 Å². The first-order valence-corrected chi connectivity index (χ1v) is 12.3. The van der Waals surface area contributed by atoms with Gasteiger partial charge in [-0.05, 0) is 38.0 Å². The maximum atomic E-state index is 6.25. The molecule has 0 bridgehead atoms. The molecule has 0 unspecified atom stereocenters. The molecule has 1 aromatic carbocycles. The fourth-order valence-corrected chi connectivity index (χ4v) is 4.29. The van der Waals surface area contributed by atoms with Crippen LogP contribution in [0.25, 0.3) is 17.1 Å². The predicted octanol–water partition coefficient (Wildman–Crippen LogP) is 5.38. The highest BCUT2D eigenvalue weighted by atomic mass is 35.5. The summed E-state index contributed by atoms with van der Waals surface area (Å²) in [6.45, 7) is 8.27. The Morgan fingerprint density at radius 2 is 2.03 bits per heavy atom. The van der Waals surface area contributed by atoms with Gasteiger partial charge < -0.3 is 14.0 Å². The van der Waals surface area contributed by atoms with Gasteiger partial charge in [0.05, 0.1) is 24.5 Å². The van der Waals surface area contributed by atoms with E-state index in [-0.39, 0.29) is 0 Å². The zero-order valence-corrected chi connectivity index (χ0v) is 21.4. The van der Waals surface area contributed by atoms with Crippen LogP contribution in [0.15, 0.2) is 53.3 Å². The van der Waals surface area contributed by atoms with Crippen LogP contribution < -0.4 is 0 Å². The van der Waals surface area contributed by atoms with Crippen molar-refractivity contribution in [2.45, 2.75) is 46.8 Å². The van der Waals surface area contributed by atoms with E-state index in [0.29, 0.717) is 37.2 Å². The van der Waals surface area contributed by atoms with Crippen molar-refractivity contribution >= 4 is 17.5 Å². The average molecular weight is 495 g/mol. The van der Waals surface area contributed by atoms with Crippen molar-refractivity contribution in [3.8, 4) is 17.1 Å². The van der Waals surface area contributed by atoms with Crippen LogP contribution in [-0.2, 0) is 22.6 Å². The zero-order valence-electron chi connectivity index (χ0n) is 20.7. The van der Waals surface area contributed by atoms with Crippen LogP contribution in [0.5, 0.6) is 0 Å². The van der Waals surface area contributed by atoms with E-state index >= 15 is 0 Å². The summed E-state index contributed by atoms with van der Waals surface area (Å²) in [4.78, 5) is 8.99. The molecule has 4 heterocycles. The van der Waals surface area contributed by atoms with Gasteiger partial charge in [0.1, 0.15) is 25.2 Å². The van der Waals surface area contributed by atoms with Crippen molar-refractivity contribution in [3.63, 3.8) is 0 Å². The number of aromatic nitrogens is 5. The van der Waals surface area contributed by atoms with Crippen molar-refractivity contribution in [1.29, 1.82) is 0 Å². The molecule has 8 nitrogen and oxygen atoms in total. The number of aliphatic imine (C=N–C) groups is 1. The lowest BCUT2D eigenvalue weighted by Crippen LogP contribution is -2.12. The summed E-state index contributed by atoms with van der Waals surface area (Å²) in [6.07, 6.45) is 10.9. The molecule has 6 rings (SSSR count). The van der Waals surface area contributed by atoms with E-state index in [1.165, 1.54) is 18.4 Å². The highest BCUT2D eigenvalue weighted by Gasteiger charge is 2.28. The fraction of sp³-hybridized carbons (Fsp3) is 0.385. The van der Waals surface area contributed by atoms with Crippen molar-refractivity contribution in [1.82, 2.24) is 24.3 Å². The minimum Gasteiger partial charge on any atom is -0.474 e. The van der Waals surface area contributed by atoms with E-state index in [1.807, 2.05) is 41.2 Å². The van der Waals surface area contributed by atoms with E-state index in [1.54, 1.807) is 13.4 Å². The van der Waals surface area contributed by atoms with Crippen LogP contribution in [0.4, 0.5) is 0 Å². The number of rotatable bonds is 3. The van der Waals surface area contributed by atoms with Crippen LogP contribution in [0.2, 0.25) is 5.02 Å². The van der Waals surface area contributed by atoms with Crippen molar-refractivity contribution < 1.29 is 9.47 Å². The van der Waals surface area contributed by atoms with E-state index in [9.17, 15) is 0 Å². The summed E-state index contributed by atoms with van der Waals surface area (Å²) in [7, 11) is 1.64. The molecular weight excluding hydrogens is 464 g/mol. The van der Waals surface area contributed by atoms with E-state index in [4.69, 9.17) is 21.1 Å². The molecule has 0 atom stereocenters. The molecule has 2 aromatic heterocycles. The molecule has 184 valence electrons. The second-order valence-electron chi connectivity index (χ2n) is 7.99. The third kappa shape index (κ3) is 5.23. The molecule has 0 N–H and O–H groups in total. The summed E-state index contributed by atoms with van der Waals surface area (Å²) in [5.41, 5.74) is 4.95. The maximum Gasteiger partial charge on any atom is 0.237 e. The summed E-state index contributed by atoms with van der Waals surface area (Å²) < 4.78 is 15.0. The number of hydrogen-bond acceptors (Lipinski definition) is 6. The molecule has 0 amide bonds. The third-order valence-corrected chi connectivity index (χ3v) is 5.94. The van der Waals surface area contributed by atoms with Crippen molar-refractivity contribution in [3.05, 3.63) is 70.6 Å². The monoisotopic (exact) mass is 494 g/mol. The molecule has 9 heteroatoms. The van der Waals surface area contributed by atoms with E-state index < -0.39 is 0 Å². The number of nitrogens with zero attached hydrogens (tertiary/aromatic N) is 6. The highest BCUT2D eigenvalue weighted by molar-refractivity contribution is 6.31. The molecule has 2 aliphatic heterocycles. The average Bonchev–Trinajstić information content (AvgIpc) is 3.62. The second-order valence-corrected chi connectivity index (χ2v) is 8.43. The molecular formula is C26H31ClN6O2. The van der Waals surface area contributed by atoms with E-state index in [2.05, 4.69) is 45.3 Å². The topological polar surface area (TPSA) is 79.3 Å². The lowest BCUT2D eigenvalue weighted by molar-refractivity contribution is 0.174. The number of methoxy groups -OCH3 is 1. The van der Waals surface area contributed by atoms with Crippen molar-refractivity contribution in [2.75, 3.05) is 20.3 Å². The Balaban J connectivity index is 0.000000275. The largest absolute Gasteiger partial charge is 0.474 e. The SMILES string of the molecule is CC.CC1=CCCC=C1.COCc1nnc2n1Cc1c(C3=NCCO3)ncn1-c1ccc(Cl)cc1-2. The van der Waals surface area contributed by atoms with Crippen molar-refractivity contribution in [2.24, 2.45) is 4.99 Å². The van der Waals surface area contributed by atoms with Gasteiger partial charge in [0.2, 0.25) is 5.90 Å². The molecule has 3 aromatic rings. The number of ether oxygens (including phenoxy) is 2. The van der Waals surface area contributed by atoms with E-state index in [0.717, 1.165) is 34.3 Å². The number of imidazole rings is 1. The number of allylic oxidation sites excluding steroid dienone is 4. The second kappa shape index (κ2) is 11.5. The highest BCUT2D eigenvalue weighted by Crippen LogP contribution is 2.34. The standard InChI is InChI=1S/C17H15ClN6O2.C7H10.C2H6/c1-25-8-14-21-22-16-11-6-10(18)2-3-12(11)24-9-20-15(13(24)7-23(14)16)17-19-4-5-26-17;1-7-5-3-2-4-6-7;1-2/h2-3,6,9H,4-5,7-8H2,1H3;3,5-6H,2,4H2,1H3;1-2H3. The summed E-state index contributed by atoms with van der Waals surface area (Å²) in [6, 6.07) is 5.71. The predicted molar refractivity (Wildman–Crippen MR) is 138 cm³/mol. The quantitative estimate of drug-likeness (QED) is 0.382. The Morgan fingerprint density at radius 3 is 2.69 bits per heavy atom. The molecule has 0 saturated heterocycles. The number of halogens is 1. The number of fused-ring (bicyclic) bond motifs is 5. The van der Waals surface area contributed by atoms with Gasteiger partial charge in [-0.3, -0.25) is 4.57 Å². The molecule has 0 fully saturated rings. The minimum atomic E-state index is 0.365. The van der Waals surface area contributed by atoms with Gasteiger partial charge >= 0.3 is 0 Å². The maximum absolute atomic E-state index is 6.25. The minimum absolute atomic E-state index is 0.365. The lowest BCUT2D eigenvalue weighted by atomic mass is 10.1. The molecule has 1 aliphatic carbocycles. The summed E-state index contributed by atoms with van der Waals surface area (Å²) in [5.74, 6) is 2.07. The van der Waals surface area contributed by atoms with Gasteiger partial charge in [-0.25, -0.2) is 9.98 Å². The number of benzene rings is 1. The zero-order chi connectivity index (χ0) is 24.8. The first kappa shape index (κ1) is 24.9. The normalized spacial score (nSPS) is 15.1. The Kier molecular flexibility index (Phi) is 8.15. The van der Waals surface area contributed by atoms with Crippen LogP contribution in [0.3, 0.4) is 0 Å². The van der Waals surface area contributed by atoms with Gasteiger partial charge in [-0.1, -0.05) is 49.2 Å². The Bertz CT molecular complexity index is 1270. The smallest absolute Gasteiger partial charge is 0.237 e. The van der Waals surface area contributed by atoms with Gasteiger partial charge in [0.25, 0.3) is 0 Å². The van der Waals surface area contributed by atoms with Crippen LogP contribution >= 0.6 is 11.6 Å². The molecule has 0 saturated carbocycles. The Morgan fingerprint density at radius 1 is 1.17 bits per heavy atom. The van der Waals surface area contributed by atoms with Crippen LogP contribution in [-0.4, -0.2) is 50.5 Å². The van der Waals surface area contributed by atoms with Gasteiger partial charge in [0, 0.05) is 17.7 Å². The third-order valence-electron chi connectivity index (χ3n) is 5.70.